The summed E-state index contributed by atoms with van der Waals surface area (Å²) in [6, 6.07) is 8.41. The van der Waals surface area contributed by atoms with E-state index in [1.54, 1.807) is 0 Å². The maximum absolute atomic E-state index is 8.48. The normalized spacial score (nSPS) is 16.3. The quantitative estimate of drug-likeness (QED) is 0.617. The molecule has 4 nitrogen and oxygen atoms in total. The van der Waals surface area contributed by atoms with E-state index in [2.05, 4.69) is 77.1 Å². The Morgan fingerprint density at radius 3 is 2.57 bits per heavy atom. The van der Waals surface area contributed by atoms with Gasteiger partial charge in [0.2, 0.25) is 0 Å². The van der Waals surface area contributed by atoms with E-state index in [0.717, 1.165) is 48.6 Å². The van der Waals surface area contributed by atoms with Gasteiger partial charge < -0.3 is 4.90 Å². The van der Waals surface area contributed by atoms with Gasteiger partial charge in [-0.3, -0.25) is 10.1 Å². The summed E-state index contributed by atoms with van der Waals surface area (Å²) in [5.74, 6) is 0.656. The van der Waals surface area contributed by atoms with Crippen molar-refractivity contribution in [2.75, 3.05) is 13.1 Å². The third-order valence-corrected chi connectivity index (χ3v) is 5.30. The molecule has 3 rings (SSSR count). The Bertz CT molecular complexity index is 913. The molecule has 148 valence electrons. The van der Waals surface area contributed by atoms with Crippen LogP contribution in [0, 0.1) is 5.41 Å². The van der Waals surface area contributed by atoms with Crippen LogP contribution in [-0.4, -0.2) is 33.6 Å². The Morgan fingerprint density at radius 2 is 1.89 bits per heavy atom. The zero-order valence-corrected chi connectivity index (χ0v) is 17.2. The average molecular weight is 377 g/mol. The molecule has 1 saturated heterocycles. The van der Waals surface area contributed by atoms with Gasteiger partial charge in [-0.1, -0.05) is 55.8 Å². The fourth-order valence-corrected chi connectivity index (χ4v) is 3.60. The number of allylic oxidation sites excluding steroid dienone is 2. The first kappa shape index (κ1) is 20.1. The number of nitrogens with zero attached hydrogens (tertiary/aromatic N) is 3. The summed E-state index contributed by atoms with van der Waals surface area (Å²) < 4.78 is 2.05. The van der Waals surface area contributed by atoms with Crippen molar-refractivity contribution in [3.63, 3.8) is 0 Å². The highest BCUT2D eigenvalue weighted by Gasteiger charge is 2.14. The third-order valence-electron chi connectivity index (χ3n) is 5.30. The summed E-state index contributed by atoms with van der Waals surface area (Å²) in [6.07, 6.45) is 16.5. The predicted molar refractivity (Wildman–Crippen MR) is 118 cm³/mol. The van der Waals surface area contributed by atoms with Gasteiger partial charge in [-0.15, -0.1) is 0 Å². The van der Waals surface area contributed by atoms with Gasteiger partial charge in [-0.25, -0.2) is 0 Å². The predicted octanol–water partition coefficient (Wildman–Crippen LogP) is 3.68. The van der Waals surface area contributed by atoms with Crippen LogP contribution < -0.4 is 10.6 Å². The third kappa shape index (κ3) is 5.00. The highest BCUT2D eigenvalue weighted by Crippen LogP contribution is 2.14. The molecule has 0 saturated carbocycles. The molecule has 1 aromatic carbocycles. The minimum atomic E-state index is 0.656. The van der Waals surface area contributed by atoms with Gasteiger partial charge >= 0.3 is 0 Å². The molecular formula is C24H32N4. The summed E-state index contributed by atoms with van der Waals surface area (Å²) >= 11 is 0. The van der Waals surface area contributed by atoms with Gasteiger partial charge in [0.25, 0.3) is 0 Å². The van der Waals surface area contributed by atoms with Crippen LogP contribution in [0.3, 0.4) is 0 Å². The second-order valence-electron chi connectivity index (χ2n) is 7.41. The van der Waals surface area contributed by atoms with Gasteiger partial charge in [0.15, 0.2) is 0 Å². The standard InChI is InChI=1S/C24H32N4/c1-3-5-6-8-11-23-21(4-2)18-26-28(23)19-20-12-14-22(15-13-20)24(25)27-16-9-7-10-17-27/h4,6,8,11-15,18,25H,3,5,7,9-10,16-17,19H2,1-2H3/b8-6-,21-4-,23-11+,25-24?. The van der Waals surface area contributed by atoms with E-state index in [1.165, 1.54) is 24.8 Å². The number of unbranched alkanes of at least 4 members (excludes halogenated alkanes) is 1. The first-order valence-electron chi connectivity index (χ1n) is 10.5. The molecule has 0 atom stereocenters. The van der Waals surface area contributed by atoms with E-state index >= 15 is 0 Å². The highest BCUT2D eigenvalue weighted by atomic mass is 15.3. The van der Waals surface area contributed by atoms with E-state index in [1.807, 2.05) is 6.20 Å². The summed E-state index contributed by atoms with van der Waals surface area (Å²) in [5, 5.41) is 15.4. The van der Waals surface area contributed by atoms with Crippen LogP contribution in [0.2, 0.25) is 0 Å². The largest absolute Gasteiger partial charge is 0.357 e. The van der Waals surface area contributed by atoms with Crippen molar-refractivity contribution in [2.24, 2.45) is 0 Å². The van der Waals surface area contributed by atoms with Crippen LogP contribution in [0.4, 0.5) is 0 Å². The highest BCUT2D eigenvalue weighted by molar-refractivity contribution is 5.96. The van der Waals surface area contributed by atoms with Gasteiger partial charge in [0, 0.05) is 23.9 Å². The van der Waals surface area contributed by atoms with E-state index < -0.39 is 0 Å². The van der Waals surface area contributed by atoms with E-state index in [4.69, 9.17) is 5.41 Å². The maximum Gasteiger partial charge on any atom is 0.128 e. The summed E-state index contributed by atoms with van der Waals surface area (Å²) in [4.78, 5) is 2.20. The topological polar surface area (TPSA) is 44.9 Å². The number of hydrogen-bond acceptors (Lipinski definition) is 2. The first-order valence-corrected chi connectivity index (χ1v) is 10.5. The lowest BCUT2D eigenvalue weighted by atomic mass is 10.1. The molecule has 0 bridgehead atoms. The number of amidine groups is 1. The molecule has 4 heteroatoms. The Balaban J connectivity index is 1.75. The maximum atomic E-state index is 8.48. The molecular weight excluding hydrogens is 344 g/mol. The van der Waals surface area contributed by atoms with E-state index in [0.29, 0.717) is 5.84 Å². The molecule has 1 fully saturated rings. The van der Waals surface area contributed by atoms with E-state index in [-0.39, 0.29) is 0 Å². The molecule has 1 aromatic heterocycles. The Kier molecular flexibility index (Phi) is 7.24. The lowest BCUT2D eigenvalue weighted by Gasteiger charge is -2.29. The fraction of sp³-hybridized carbons (Fsp3) is 0.417. The van der Waals surface area contributed by atoms with Crippen molar-refractivity contribution in [3.8, 4) is 0 Å². The summed E-state index contributed by atoms with van der Waals surface area (Å²) in [5.41, 5.74) is 2.20. The second kappa shape index (κ2) is 10.1. The molecule has 0 unspecified atom stereocenters. The second-order valence-corrected chi connectivity index (χ2v) is 7.41. The van der Waals surface area contributed by atoms with Crippen LogP contribution in [0.5, 0.6) is 0 Å². The van der Waals surface area contributed by atoms with Gasteiger partial charge in [0.05, 0.1) is 18.1 Å². The summed E-state index contributed by atoms with van der Waals surface area (Å²) in [6.45, 7) is 6.99. The number of benzene rings is 1. The lowest BCUT2D eigenvalue weighted by Crippen LogP contribution is -2.35. The van der Waals surface area contributed by atoms with Crippen molar-refractivity contribution >= 4 is 18.0 Å². The molecule has 1 aliphatic heterocycles. The smallest absolute Gasteiger partial charge is 0.128 e. The van der Waals surface area contributed by atoms with E-state index in [9.17, 15) is 0 Å². The first-order chi connectivity index (χ1) is 13.7. The average Bonchev–Trinajstić information content (AvgIpc) is 3.13. The molecule has 28 heavy (non-hydrogen) atoms. The van der Waals surface area contributed by atoms with Gasteiger partial charge in [0.1, 0.15) is 5.84 Å². The SMILES string of the molecule is C/C=c1/cnn(Cc2ccc(C(=N)N3CCCCC3)cc2)/c1=C/C=C\CCC. The zero-order valence-electron chi connectivity index (χ0n) is 17.2. The molecule has 2 aromatic rings. The molecule has 1 aliphatic rings. The molecule has 0 spiro atoms. The summed E-state index contributed by atoms with van der Waals surface area (Å²) in [7, 11) is 0. The van der Waals surface area contributed by atoms with Crippen molar-refractivity contribution in [2.45, 2.75) is 52.5 Å². The number of aromatic nitrogens is 2. The van der Waals surface area contributed by atoms with Gasteiger partial charge in [-0.05, 0) is 44.2 Å². The number of likely N-dealkylation sites (tertiary alicyclic amines) is 1. The van der Waals surface area contributed by atoms with Crippen LogP contribution >= 0.6 is 0 Å². The zero-order chi connectivity index (χ0) is 19.8. The van der Waals surface area contributed by atoms with Crippen molar-refractivity contribution < 1.29 is 0 Å². The van der Waals surface area contributed by atoms with Crippen molar-refractivity contribution in [3.05, 3.63) is 64.3 Å². The Labute approximate surface area is 168 Å². The molecule has 0 aliphatic carbocycles. The number of rotatable bonds is 6. The molecule has 0 radical (unpaired) electrons. The Morgan fingerprint density at radius 1 is 1.14 bits per heavy atom. The van der Waals surface area contributed by atoms with Crippen molar-refractivity contribution in [1.82, 2.24) is 14.7 Å². The molecule has 2 heterocycles. The minimum absolute atomic E-state index is 0.656. The number of piperidine rings is 1. The fourth-order valence-electron chi connectivity index (χ4n) is 3.60. The lowest BCUT2D eigenvalue weighted by molar-refractivity contribution is 0.341. The number of hydrogen-bond donors (Lipinski definition) is 1. The Hall–Kier alpha value is -2.62. The van der Waals surface area contributed by atoms with Crippen LogP contribution in [0.1, 0.15) is 57.1 Å². The molecule has 0 amide bonds. The minimum Gasteiger partial charge on any atom is -0.357 e. The van der Waals surface area contributed by atoms with Crippen molar-refractivity contribution in [1.29, 1.82) is 5.41 Å². The van der Waals surface area contributed by atoms with Crippen LogP contribution in [0.25, 0.3) is 12.2 Å². The monoisotopic (exact) mass is 376 g/mol. The molecule has 1 N–H and O–H groups in total. The number of nitrogens with one attached hydrogen (secondary N) is 1. The van der Waals surface area contributed by atoms with Crippen LogP contribution in [-0.2, 0) is 6.54 Å². The van der Waals surface area contributed by atoms with Gasteiger partial charge in [-0.2, -0.15) is 5.10 Å². The van der Waals surface area contributed by atoms with Crippen LogP contribution in [0.15, 0.2) is 42.6 Å².